The van der Waals surface area contributed by atoms with E-state index in [4.69, 9.17) is 0 Å². The first-order valence-corrected chi connectivity index (χ1v) is 6.49. The Morgan fingerprint density at radius 1 is 1.00 bits per heavy atom. The zero-order chi connectivity index (χ0) is 12.8. The van der Waals surface area contributed by atoms with Crippen molar-refractivity contribution >= 4 is 11.4 Å². The third-order valence-corrected chi connectivity index (χ3v) is 3.05. The quantitative estimate of drug-likeness (QED) is 0.553. The van der Waals surface area contributed by atoms with Crippen molar-refractivity contribution in [2.75, 3.05) is 29.9 Å². The molecular weight excluding hydrogens is 216 g/mol. The Morgan fingerprint density at radius 3 is 2.18 bits per heavy atom. The van der Waals surface area contributed by atoms with Gasteiger partial charge in [0.25, 0.3) is 10.9 Å². The van der Waals surface area contributed by atoms with Crippen LogP contribution in [0.1, 0.15) is 40.0 Å². The molecule has 0 atom stereocenters. The van der Waals surface area contributed by atoms with Crippen LogP contribution in [0.25, 0.3) is 0 Å². The predicted octanol–water partition coefficient (Wildman–Crippen LogP) is 1.73. The van der Waals surface area contributed by atoms with Crippen molar-refractivity contribution in [1.29, 1.82) is 0 Å². The van der Waals surface area contributed by atoms with Crippen LogP contribution in [0.5, 0.6) is 0 Å². The van der Waals surface area contributed by atoms with E-state index in [1.807, 2.05) is 18.7 Å². The Labute approximate surface area is 102 Å². The van der Waals surface area contributed by atoms with Crippen LogP contribution in [0, 0.1) is 0 Å². The SMILES string of the molecule is CCCCCNc1c(N(CC)CC)c(=O)c1=O. The summed E-state index contributed by atoms with van der Waals surface area (Å²) in [6.07, 6.45) is 3.33. The first-order valence-electron chi connectivity index (χ1n) is 6.49. The smallest absolute Gasteiger partial charge is 0.253 e. The number of unbranched alkanes of at least 4 members (excludes halogenated alkanes) is 2. The summed E-state index contributed by atoms with van der Waals surface area (Å²) in [5, 5.41) is 3.10. The molecule has 0 radical (unpaired) electrons. The molecule has 0 heterocycles. The minimum absolute atomic E-state index is 0.341. The lowest BCUT2D eigenvalue weighted by atomic mass is 10.1. The molecule has 0 aromatic heterocycles. The molecule has 1 rings (SSSR count). The van der Waals surface area contributed by atoms with Gasteiger partial charge in [-0.3, -0.25) is 9.59 Å². The first-order chi connectivity index (χ1) is 8.17. The van der Waals surface area contributed by atoms with Crippen LogP contribution in [-0.4, -0.2) is 19.6 Å². The van der Waals surface area contributed by atoms with E-state index in [0.717, 1.165) is 38.9 Å². The summed E-state index contributed by atoms with van der Waals surface area (Å²) < 4.78 is 0. The molecule has 0 aliphatic rings. The molecule has 4 heteroatoms. The minimum Gasteiger partial charge on any atom is -0.380 e. The molecule has 4 nitrogen and oxygen atoms in total. The first kappa shape index (κ1) is 13.7. The highest BCUT2D eigenvalue weighted by Crippen LogP contribution is 2.19. The van der Waals surface area contributed by atoms with E-state index in [1.54, 1.807) is 0 Å². The fraction of sp³-hybridized carbons (Fsp3) is 0.692. The van der Waals surface area contributed by atoms with E-state index in [9.17, 15) is 9.59 Å². The molecule has 0 saturated carbocycles. The lowest BCUT2D eigenvalue weighted by Gasteiger charge is -2.24. The van der Waals surface area contributed by atoms with Crippen LogP contribution in [0.4, 0.5) is 11.4 Å². The van der Waals surface area contributed by atoms with Gasteiger partial charge in [0, 0.05) is 19.6 Å². The van der Waals surface area contributed by atoms with Gasteiger partial charge in [-0.05, 0) is 20.3 Å². The highest BCUT2D eigenvalue weighted by atomic mass is 16.2. The topological polar surface area (TPSA) is 49.4 Å². The number of anilines is 2. The van der Waals surface area contributed by atoms with Crippen molar-refractivity contribution in [3.8, 4) is 0 Å². The zero-order valence-electron chi connectivity index (χ0n) is 11.0. The molecule has 0 spiro atoms. The summed E-state index contributed by atoms with van der Waals surface area (Å²) in [5.74, 6) is 0. The van der Waals surface area contributed by atoms with Gasteiger partial charge in [0.05, 0.1) is 0 Å². The van der Waals surface area contributed by atoms with Crippen LogP contribution < -0.4 is 21.1 Å². The maximum absolute atomic E-state index is 11.5. The van der Waals surface area contributed by atoms with E-state index in [1.165, 1.54) is 0 Å². The number of hydrogen-bond acceptors (Lipinski definition) is 4. The van der Waals surface area contributed by atoms with Crippen molar-refractivity contribution in [2.24, 2.45) is 0 Å². The van der Waals surface area contributed by atoms with Gasteiger partial charge in [0.2, 0.25) is 0 Å². The van der Waals surface area contributed by atoms with Crippen LogP contribution in [-0.2, 0) is 0 Å². The fourth-order valence-electron chi connectivity index (χ4n) is 1.97. The van der Waals surface area contributed by atoms with Crippen molar-refractivity contribution in [1.82, 2.24) is 0 Å². The van der Waals surface area contributed by atoms with E-state index in [0.29, 0.717) is 11.4 Å². The second-order valence-electron chi connectivity index (χ2n) is 4.19. The molecule has 1 aromatic carbocycles. The maximum atomic E-state index is 11.5. The largest absolute Gasteiger partial charge is 0.380 e. The molecule has 0 fully saturated rings. The fourth-order valence-corrected chi connectivity index (χ4v) is 1.97. The number of rotatable bonds is 8. The van der Waals surface area contributed by atoms with Crippen LogP contribution in [0.15, 0.2) is 9.59 Å². The van der Waals surface area contributed by atoms with Gasteiger partial charge in [0.1, 0.15) is 11.4 Å². The molecule has 0 unspecified atom stereocenters. The number of hydrogen-bond donors (Lipinski definition) is 1. The Bertz CT molecular complexity index is 415. The molecule has 1 N–H and O–H groups in total. The van der Waals surface area contributed by atoms with Gasteiger partial charge in [-0.15, -0.1) is 0 Å². The average molecular weight is 238 g/mol. The van der Waals surface area contributed by atoms with Crippen LogP contribution >= 0.6 is 0 Å². The molecular formula is C13H22N2O2. The van der Waals surface area contributed by atoms with Gasteiger partial charge in [-0.25, -0.2) is 0 Å². The summed E-state index contributed by atoms with van der Waals surface area (Å²) in [7, 11) is 0. The van der Waals surface area contributed by atoms with Gasteiger partial charge in [0.15, 0.2) is 0 Å². The molecule has 17 heavy (non-hydrogen) atoms. The number of nitrogens with zero attached hydrogens (tertiary/aromatic N) is 1. The molecule has 0 bridgehead atoms. The monoisotopic (exact) mass is 238 g/mol. The molecule has 0 aliphatic heterocycles. The second kappa shape index (κ2) is 6.42. The van der Waals surface area contributed by atoms with Gasteiger partial charge < -0.3 is 10.2 Å². The van der Waals surface area contributed by atoms with Gasteiger partial charge >= 0.3 is 0 Å². The molecule has 0 saturated heterocycles. The summed E-state index contributed by atoms with van der Waals surface area (Å²) in [6, 6.07) is 0. The maximum Gasteiger partial charge on any atom is 0.253 e. The van der Waals surface area contributed by atoms with Crippen molar-refractivity contribution < 1.29 is 0 Å². The standard InChI is InChI=1S/C13H22N2O2/c1-4-7-8-9-14-10-11(13(17)12(10)16)15(5-2)6-3/h14H,4-9H2,1-3H3. The third kappa shape index (κ3) is 2.87. The van der Waals surface area contributed by atoms with Crippen LogP contribution in [0.3, 0.4) is 0 Å². The molecule has 96 valence electrons. The van der Waals surface area contributed by atoms with E-state index in [-0.39, 0.29) is 10.9 Å². The Balaban J connectivity index is 2.69. The normalized spacial score (nSPS) is 10.8. The van der Waals surface area contributed by atoms with Crippen LogP contribution in [0.2, 0.25) is 0 Å². The highest BCUT2D eigenvalue weighted by Gasteiger charge is 2.23. The summed E-state index contributed by atoms with van der Waals surface area (Å²) in [6.45, 7) is 8.39. The Hall–Kier alpha value is -1.32. The second-order valence-corrected chi connectivity index (χ2v) is 4.19. The van der Waals surface area contributed by atoms with Gasteiger partial charge in [-0.2, -0.15) is 0 Å². The molecule has 0 aliphatic carbocycles. The predicted molar refractivity (Wildman–Crippen MR) is 72.9 cm³/mol. The summed E-state index contributed by atoms with van der Waals surface area (Å²) in [5.41, 5.74) is 0.404. The summed E-state index contributed by atoms with van der Waals surface area (Å²) >= 11 is 0. The Morgan fingerprint density at radius 2 is 1.65 bits per heavy atom. The molecule has 1 aromatic rings. The zero-order valence-corrected chi connectivity index (χ0v) is 11.0. The average Bonchev–Trinajstić information content (AvgIpc) is 2.36. The minimum atomic E-state index is -0.358. The summed E-state index contributed by atoms with van der Waals surface area (Å²) in [4.78, 5) is 24.9. The molecule has 0 amide bonds. The highest BCUT2D eigenvalue weighted by molar-refractivity contribution is 5.75. The van der Waals surface area contributed by atoms with Gasteiger partial charge in [-0.1, -0.05) is 19.8 Å². The lowest BCUT2D eigenvalue weighted by molar-refractivity contribution is 0.742. The van der Waals surface area contributed by atoms with E-state index < -0.39 is 0 Å². The Kier molecular flexibility index (Phi) is 5.19. The number of nitrogens with one attached hydrogen (secondary N) is 1. The van der Waals surface area contributed by atoms with Crippen molar-refractivity contribution in [3.63, 3.8) is 0 Å². The van der Waals surface area contributed by atoms with E-state index in [2.05, 4.69) is 12.2 Å². The van der Waals surface area contributed by atoms with E-state index >= 15 is 0 Å². The van der Waals surface area contributed by atoms with Crippen molar-refractivity contribution in [3.05, 3.63) is 20.4 Å². The third-order valence-electron chi connectivity index (χ3n) is 3.05. The lowest BCUT2D eigenvalue weighted by Crippen LogP contribution is -2.42. The van der Waals surface area contributed by atoms with Crippen molar-refractivity contribution in [2.45, 2.75) is 40.0 Å².